The number of nitriles is 4. The van der Waals surface area contributed by atoms with Crippen molar-refractivity contribution in [1.82, 2.24) is 79.3 Å². The number of ketones is 3. The van der Waals surface area contributed by atoms with Crippen molar-refractivity contribution < 1.29 is 70.9 Å². The molecule has 9 aromatic rings. The number of fused-ring (bicyclic) bond motifs is 3. The van der Waals surface area contributed by atoms with Gasteiger partial charge in [0.05, 0.1) is 86.1 Å². The number of benzene rings is 3. The van der Waals surface area contributed by atoms with Crippen molar-refractivity contribution in [3.8, 4) is 57.8 Å². The molecule has 4 fully saturated rings. The van der Waals surface area contributed by atoms with Crippen LogP contribution in [0.2, 0.25) is 0 Å². The molecule has 3 amide bonds. The average molecular weight is 1910 g/mol. The minimum absolute atomic E-state index is 0. The van der Waals surface area contributed by atoms with Crippen LogP contribution in [0.4, 0.5) is 22.4 Å². The average Bonchev–Trinajstić information content (AvgIpc) is 1.64. The number of hydrogen-bond donors (Lipinski definition) is 4. The molecular weight excluding hydrogens is 1820 g/mol. The third kappa shape index (κ3) is 32.9. The predicted octanol–water partition coefficient (Wildman–Crippen LogP) is 10.4. The first-order valence-corrected chi connectivity index (χ1v) is 45.1. The van der Waals surface area contributed by atoms with E-state index in [-0.39, 0.29) is 151 Å². The number of carbonyl (C=O) groups is 8. The van der Waals surface area contributed by atoms with Crippen molar-refractivity contribution >= 4 is 187 Å². The minimum atomic E-state index is -1.26. The molecule has 666 valence electrons. The maximum atomic E-state index is 13.9. The van der Waals surface area contributed by atoms with E-state index in [4.69, 9.17) is 36.0 Å². The van der Waals surface area contributed by atoms with Crippen molar-refractivity contribution in [2.45, 2.75) is 195 Å². The first-order valence-electron chi connectivity index (χ1n) is 37.1. The van der Waals surface area contributed by atoms with Gasteiger partial charge in [-0.2, -0.15) is 49.8 Å². The number of aromatic nitrogens is 12. The summed E-state index contributed by atoms with van der Waals surface area (Å²) >= 11 is 24.2. The molecule has 4 saturated heterocycles. The number of likely N-dealkylation sites (tertiary alicyclic amines) is 3. The minimum Gasteiger partial charge on any atom is -0.481 e. The number of rotatable bonds is 17. The monoisotopic (exact) mass is 1910 g/mol. The number of carboxylic acids is 2. The number of carboxylic acid groups (broad SMARTS) is 2. The number of nitrogens with two attached hydrogens (primary N) is 1. The summed E-state index contributed by atoms with van der Waals surface area (Å²) in [6.07, 6.45) is 8.01. The van der Waals surface area contributed by atoms with Crippen LogP contribution in [0.5, 0.6) is 0 Å². The second-order valence-electron chi connectivity index (χ2n) is 28.5. The standard InChI is InChI=1S/C22H21FN6O2.C22H22FN5O4.C16H14N4O3.C11H17FN2O2.C6H9FN2.CH2N2.CH4.S4.S3.S2.H2S/c1-13(30)22-19-7-15(16-9-25-14(2)26-10-16)3-4-20(19)29(27-22)12-21(31)28-11-17(23)8-18(28)5-6-24;1-12(29)22-18-5-14(15-8-24-13(2)25-9-15)3-4-19(18)28(26-22)11-20(30)27-10-16(23)6-17(27)7-21(31)32;1-9(21)16-13-5-11(12-6-17-10(2)18-7-12)3-4-14(13)20(19-16)8-15(22)23;1-11(2,3)16-10(15)14-7-8(12)6-9(14)4-5-13;7-5-3-6(1-2-8)9-4-5;2-1-3;;1-3-4-2;1-3-2;1-2;/h3-4,7,9-10,17-18H,5,8,11-12H2,1-2H3;3-5,8-9,16-17H,6-7,10-11H2,1-2H3,(H,31,32);3-7H,8H2,1-2H3,(H,22,23);8-9H,4,6-7H2,1-3H3;5-6,9H,1,3-4H2;2H2;1H4;;;;1H2/t17-,18-;16-,17+;;8-,9-;5-,6-;;;;;;/m11.11....../s1. The van der Waals surface area contributed by atoms with Crippen LogP contribution in [0.1, 0.15) is 149 Å². The lowest BCUT2D eigenvalue weighted by molar-refractivity contribution is -0.140. The molecule has 0 saturated carbocycles. The predicted molar refractivity (Wildman–Crippen MR) is 488 cm³/mol. The van der Waals surface area contributed by atoms with Crippen LogP contribution < -0.4 is 11.1 Å². The van der Waals surface area contributed by atoms with Crippen LogP contribution in [-0.4, -0.2) is 212 Å². The summed E-state index contributed by atoms with van der Waals surface area (Å²) in [5.74, 6) is -1.57. The summed E-state index contributed by atoms with van der Waals surface area (Å²) in [5, 5.41) is 68.5. The molecule has 8 atom stereocenters. The van der Waals surface area contributed by atoms with E-state index >= 15 is 0 Å². The summed E-state index contributed by atoms with van der Waals surface area (Å²) in [4.78, 5) is 125. The molecule has 13 rings (SSSR count). The molecule has 3 aromatic carbocycles. The van der Waals surface area contributed by atoms with Crippen molar-refractivity contribution in [2.24, 2.45) is 5.73 Å². The molecule has 5 N–H and O–H groups in total. The Bertz CT molecular complexity index is 5550. The fraction of sp³-hybridized carbons (Fsp3) is 0.430. The Hall–Kier alpha value is -10.8. The zero-order valence-corrected chi connectivity index (χ0v) is 76.6. The number of aliphatic carboxylic acids is 2. The van der Waals surface area contributed by atoms with Gasteiger partial charge >= 0.3 is 18.0 Å². The molecule has 32 nitrogen and oxygen atoms in total. The maximum Gasteiger partial charge on any atom is 0.410 e. The van der Waals surface area contributed by atoms with E-state index in [1.54, 1.807) is 103 Å². The lowest BCUT2D eigenvalue weighted by atomic mass is 10.0. The van der Waals surface area contributed by atoms with Crippen LogP contribution in [-0.2, 0) is 137 Å². The number of aryl methyl sites for hydroxylation is 3. The molecule has 0 radical (unpaired) electrons. The summed E-state index contributed by atoms with van der Waals surface area (Å²) < 4.78 is 62.6. The molecule has 125 heavy (non-hydrogen) atoms. The number of carbonyl (C=O) groups excluding carboxylic acids is 6. The fourth-order valence-electron chi connectivity index (χ4n) is 13.2. The molecule has 46 heteroatoms. The van der Waals surface area contributed by atoms with Gasteiger partial charge in [-0.1, -0.05) is 25.6 Å². The Morgan fingerprint density at radius 1 is 0.512 bits per heavy atom. The van der Waals surface area contributed by atoms with Crippen molar-refractivity contribution in [3.05, 3.63) is 126 Å². The SMILES string of the molecule is C.CC(=O)c1nn(CC(=O)N2C[C@H](F)C[C@H]2CC#N)c2ccc(-c3cnc(C)nc3)cc12.CC(=O)c1nn(CC(=O)N2C[C@H](F)C[C@H]2CC(=O)O)c2ccc(-c3cnc(C)nc3)cc12.CC(=O)c1nn(CC(=O)O)c2ccc(-c3cnc(C)nc3)cc12.CC(C)(C)OC(=O)N1C[C@H](F)C[C@H]1CC#N.N#CC[C@@H]1C[C@@H](F)CN1.N#CN.S.S=S.S=S=S.S=S=S=S. The van der Waals surface area contributed by atoms with Gasteiger partial charge in [-0.3, -0.25) is 47.6 Å². The second-order valence-corrected chi connectivity index (χ2v) is 33.8. The molecule has 0 aliphatic carbocycles. The second kappa shape index (κ2) is 53.5. The van der Waals surface area contributed by atoms with E-state index in [0.29, 0.717) is 69.6 Å². The van der Waals surface area contributed by atoms with Gasteiger partial charge in [-0.25, -0.2) is 52.3 Å². The van der Waals surface area contributed by atoms with Crippen LogP contribution in [0.25, 0.3) is 66.1 Å². The Balaban J connectivity index is 0.000000404. The number of Topliss-reactive ketones (excluding diaryl/α,β-unsaturated/α-hetero) is 3. The molecule has 0 unspecified atom stereocenters. The highest BCUT2D eigenvalue weighted by atomic mass is 33.2. The van der Waals surface area contributed by atoms with Gasteiger partial charge in [0.15, 0.2) is 23.5 Å². The molecule has 6 aromatic heterocycles. The van der Waals surface area contributed by atoms with Crippen molar-refractivity contribution in [2.75, 3.05) is 26.2 Å². The molecule has 4 aliphatic heterocycles. The third-order valence-electron chi connectivity index (χ3n) is 18.4. The van der Waals surface area contributed by atoms with E-state index in [2.05, 4.69) is 123 Å². The van der Waals surface area contributed by atoms with E-state index < -0.39 is 66.3 Å². The van der Waals surface area contributed by atoms with Gasteiger partial charge < -0.3 is 40.7 Å². The first kappa shape index (κ1) is 108. The summed E-state index contributed by atoms with van der Waals surface area (Å²) in [5.41, 5.74) is 11.0. The van der Waals surface area contributed by atoms with Gasteiger partial charge in [0.2, 0.25) is 11.8 Å². The lowest BCUT2D eigenvalue weighted by Crippen LogP contribution is -2.39. The highest BCUT2D eigenvalue weighted by Crippen LogP contribution is 2.33. The Morgan fingerprint density at radius 3 is 1.11 bits per heavy atom. The van der Waals surface area contributed by atoms with E-state index in [0.717, 1.165) is 42.3 Å². The van der Waals surface area contributed by atoms with Gasteiger partial charge in [0.1, 0.15) is 84.5 Å². The zero-order valence-electron chi connectivity index (χ0n) is 68.2. The van der Waals surface area contributed by atoms with E-state index in [1.807, 2.05) is 48.5 Å². The smallest absolute Gasteiger partial charge is 0.410 e. The highest BCUT2D eigenvalue weighted by molar-refractivity contribution is 8.51. The van der Waals surface area contributed by atoms with Crippen LogP contribution in [0.3, 0.4) is 0 Å². The van der Waals surface area contributed by atoms with Gasteiger partial charge in [-0.05, 0) is 101 Å². The molecule has 10 heterocycles. The fourth-order valence-corrected chi connectivity index (χ4v) is 13.2. The lowest BCUT2D eigenvalue weighted by Gasteiger charge is -2.27. The van der Waals surface area contributed by atoms with Gasteiger partial charge in [0, 0.05) is 229 Å². The number of halogens is 4. The zero-order chi connectivity index (χ0) is 91.5. The van der Waals surface area contributed by atoms with Gasteiger partial charge in [-0.15, -0.1) is 0 Å². The van der Waals surface area contributed by atoms with Crippen LogP contribution in [0, 0.1) is 66.2 Å². The number of alkyl halides is 4. The number of hydrogen-bond acceptors (Lipinski definition) is 30. The number of nitrogens with one attached hydrogen (secondary N) is 1. The van der Waals surface area contributed by atoms with Crippen molar-refractivity contribution in [1.29, 1.82) is 21.0 Å². The summed E-state index contributed by atoms with van der Waals surface area (Å²) in [6, 6.07) is 20.9. The number of nitrogens with zero attached hydrogens (tertiary/aromatic N) is 19. The van der Waals surface area contributed by atoms with Gasteiger partial charge in [0.25, 0.3) is 0 Å². The molecule has 4 aliphatic rings. The summed E-state index contributed by atoms with van der Waals surface area (Å²) in [7, 11) is 3.26. The van der Waals surface area contributed by atoms with Crippen molar-refractivity contribution in [3.63, 3.8) is 0 Å². The molecule has 0 bridgehead atoms. The van der Waals surface area contributed by atoms with E-state index in [9.17, 15) is 55.9 Å². The Labute approximate surface area is 763 Å². The van der Waals surface area contributed by atoms with E-state index in [1.165, 1.54) is 73.5 Å². The largest absolute Gasteiger partial charge is 0.481 e. The first-order chi connectivity index (χ1) is 58.4. The Kier molecular flexibility index (Phi) is 46.4. The third-order valence-corrected chi connectivity index (χ3v) is 20.6. The highest BCUT2D eigenvalue weighted by Gasteiger charge is 2.40. The molecular formula is C79H91F4N21O11S10. The number of amides is 3. The maximum absolute atomic E-state index is 13.9. The Morgan fingerprint density at radius 2 is 0.824 bits per heavy atom. The summed E-state index contributed by atoms with van der Waals surface area (Å²) in [6.45, 7) is 14.5. The number of ether oxygens (including phenoxy) is 1. The normalized spacial score (nSPS) is 17.3. The molecule has 0 spiro atoms. The topological polar surface area (TPSA) is 460 Å². The van der Waals surface area contributed by atoms with Crippen LogP contribution >= 0.6 is 13.5 Å². The quantitative estimate of drug-likeness (QED) is 0.0285. The van der Waals surface area contributed by atoms with Crippen LogP contribution in [0.15, 0.2) is 91.8 Å².